The van der Waals surface area contributed by atoms with Crippen molar-refractivity contribution in [1.29, 1.82) is 0 Å². The van der Waals surface area contributed by atoms with Gasteiger partial charge >= 0.3 is 7.48 Å². The molecule has 0 saturated carbocycles. The van der Waals surface area contributed by atoms with Crippen molar-refractivity contribution < 1.29 is 14.2 Å². The lowest BCUT2D eigenvalue weighted by atomic mass is 9.83. The Hall–Kier alpha value is -2.44. The van der Waals surface area contributed by atoms with Gasteiger partial charge in [-0.15, -0.1) is 0 Å². The van der Waals surface area contributed by atoms with Crippen molar-refractivity contribution in [3.63, 3.8) is 0 Å². The van der Waals surface area contributed by atoms with Crippen LogP contribution in [0.5, 0.6) is 5.75 Å². The van der Waals surface area contributed by atoms with E-state index >= 15 is 0 Å². The monoisotopic (exact) mass is 462 g/mol. The Morgan fingerprint density at radius 3 is 2.47 bits per heavy atom. The zero-order chi connectivity index (χ0) is 24.5. The first-order chi connectivity index (χ1) is 16.3. The molecule has 0 bridgehead atoms. The molecule has 2 aromatic carbocycles. The highest BCUT2D eigenvalue weighted by Crippen LogP contribution is 2.22. The van der Waals surface area contributed by atoms with Gasteiger partial charge < -0.3 is 15.3 Å². The van der Waals surface area contributed by atoms with Crippen molar-refractivity contribution in [2.45, 2.75) is 66.0 Å². The van der Waals surface area contributed by atoms with Gasteiger partial charge in [0.25, 0.3) is 0 Å². The molecule has 1 aliphatic rings. The fourth-order valence-electron chi connectivity index (χ4n) is 4.55. The second-order valence-corrected chi connectivity index (χ2v) is 9.79. The molecule has 0 amide bonds. The van der Waals surface area contributed by atoms with Crippen LogP contribution >= 0.6 is 0 Å². The Bertz CT molecular complexity index is 955. The predicted molar refractivity (Wildman–Crippen MR) is 140 cm³/mol. The summed E-state index contributed by atoms with van der Waals surface area (Å²) in [5.74, 6) is 1.51. The number of benzene rings is 2. The van der Waals surface area contributed by atoms with Crippen molar-refractivity contribution in [2.24, 2.45) is 11.8 Å². The molecule has 0 radical (unpaired) electrons. The third-order valence-electron chi connectivity index (χ3n) is 7.06. The molecule has 2 N–H and O–H groups in total. The van der Waals surface area contributed by atoms with E-state index in [4.69, 9.17) is 4.65 Å². The van der Waals surface area contributed by atoms with E-state index in [-0.39, 0.29) is 23.4 Å². The second-order valence-electron chi connectivity index (χ2n) is 9.79. The van der Waals surface area contributed by atoms with E-state index in [0.717, 1.165) is 51.1 Å². The van der Waals surface area contributed by atoms with Gasteiger partial charge in [-0.05, 0) is 88.3 Å². The van der Waals surface area contributed by atoms with E-state index in [1.54, 1.807) is 13.8 Å². The summed E-state index contributed by atoms with van der Waals surface area (Å²) >= 11 is 0. The zero-order valence-electron chi connectivity index (χ0n) is 21.2. The number of hydrogen-bond donors (Lipinski definition) is 2. The maximum absolute atomic E-state index is 12.2. The molecule has 0 aromatic heterocycles. The number of nitrogens with one attached hydrogen (secondary N) is 2. The maximum Gasteiger partial charge on any atom is 0.374 e. The molecule has 1 aliphatic heterocycles. The summed E-state index contributed by atoms with van der Waals surface area (Å²) in [5.41, 5.74) is 4.79. The van der Waals surface area contributed by atoms with Crippen LogP contribution in [0.3, 0.4) is 0 Å². The minimum atomic E-state index is 0.0439. The molecule has 1 heterocycles. The molecule has 2 aromatic rings. The standard InChI is InChI=1S/C28H39BN2O3/c1-19(21(3)32)13-15-30-18-24-9-12-27(20(2)16-24)29-34-25-10-7-23(8-11-25)17-26(22(4)33)28-6-5-14-31-28/h7-12,16,19,26,28-31H,5-6,13-15,17-18H2,1-4H3/t19-,26-,28?/m0/s1. The number of ketones is 2. The van der Waals surface area contributed by atoms with Gasteiger partial charge in [-0.25, -0.2) is 0 Å². The first-order valence-corrected chi connectivity index (χ1v) is 12.6. The van der Waals surface area contributed by atoms with Crippen LogP contribution in [0, 0.1) is 18.8 Å². The average Bonchev–Trinajstić information content (AvgIpc) is 3.34. The van der Waals surface area contributed by atoms with Gasteiger partial charge in [0.1, 0.15) is 11.6 Å². The number of rotatable bonds is 13. The van der Waals surface area contributed by atoms with E-state index in [0.29, 0.717) is 13.5 Å². The summed E-state index contributed by atoms with van der Waals surface area (Å²) in [7, 11) is 0.525. The van der Waals surface area contributed by atoms with E-state index in [9.17, 15) is 9.59 Å². The molecule has 3 rings (SSSR count). The van der Waals surface area contributed by atoms with Gasteiger partial charge in [0, 0.05) is 24.4 Å². The van der Waals surface area contributed by atoms with Crippen LogP contribution in [0.25, 0.3) is 0 Å². The molecule has 5 nitrogen and oxygen atoms in total. The van der Waals surface area contributed by atoms with Gasteiger partial charge in [-0.2, -0.15) is 0 Å². The Kier molecular flexibility index (Phi) is 9.91. The molecule has 6 heteroatoms. The van der Waals surface area contributed by atoms with Crippen LogP contribution in [0.1, 0.15) is 56.7 Å². The minimum Gasteiger partial charge on any atom is -0.559 e. The molecule has 1 saturated heterocycles. The average molecular weight is 462 g/mol. The first kappa shape index (κ1) is 26.2. The number of aryl methyl sites for hydroxylation is 1. The van der Waals surface area contributed by atoms with Gasteiger partial charge in [0.05, 0.1) is 5.75 Å². The van der Waals surface area contributed by atoms with Crippen LogP contribution in [-0.2, 0) is 22.6 Å². The van der Waals surface area contributed by atoms with Gasteiger partial charge in [-0.1, -0.05) is 42.8 Å². The van der Waals surface area contributed by atoms with Crippen molar-refractivity contribution in [3.05, 3.63) is 59.2 Å². The molecule has 3 atom stereocenters. The summed E-state index contributed by atoms with van der Waals surface area (Å²) in [6.45, 7) is 10.1. The van der Waals surface area contributed by atoms with Gasteiger partial charge in [-0.3, -0.25) is 9.59 Å². The lowest BCUT2D eigenvalue weighted by molar-refractivity contribution is -0.121. The Morgan fingerprint density at radius 2 is 1.85 bits per heavy atom. The predicted octanol–water partition coefficient (Wildman–Crippen LogP) is 3.26. The number of carbonyl (C=O) groups excluding carboxylic acids is 2. The Balaban J connectivity index is 1.47. The van der Waals surface area contributed by atoms with Crippen LogP contribution in [0.2, 0.25) is 0 Å². The summed E-state index contributed by atoms with van der Waals surface area (Å²) in [5, 5.41) is 6.90. The van der Waals surface area contributed by atoms with Crippen LogP contribution in [0.15, 0.2) is 42.5 Å². The van der Waals surface area contributed by atoms with Crippen molar-refractivity contribution in [3.8, 4) is 5.75 Å². The summed E-state index contributed by atoms with van der Waals surface area (Å²) in [6, 6.07) is 14.9. The number of hydrogen-bond acceptors (Lipinski definition) is 5. The van der Waals surface area contributed by atoms with Gasteiger partial charge in [0.15, 0.2) is 0 Å². The summed E-state index contributed by atoms with van der Waals surface area (Å²) < 4.78 is 6.04. The molecule has 0 spiro atoms. The lowest BCUT2D eigenvalue weighted by Gasteiger charge is -2.21. The summed E-state index contributed by atoms with van der Waals surface area (Å²) in [6.07, 6.45) is 3.87. The highest BCUT2D eigenvalue weighted by molar-refractivity contribution is 6.48. The molecular formula is C28H39BN2O3. The maximum atomic E-state index is 12.2. The zero-order valence-corrected chi connectivity index (χ0v) is 21.2. The van der Waals surface area contributed by atoms with Crippen molar-refractivity contribution >= 4 is 24.5 Å². The number of carbonyl (C=O) groups is 2. The van der Waals surface area contributed by atoms with E-state index in [1.807, 2.05) is 19.1 Å². The Labute approximate surface area is 205 Å². The van der Waals surface area contributed by atoms with Gasteiger partial charge in [0.2, 0.25) is 0 Å². The first-order valence-electron chi connectivity index (χ1n) is 12.6. The molecular weight excluding hydrogens is 423 g/mol. The smallest absolute Gasteiger partial charge is 0.374 e. The fraction of sp³-hybridized carbons (Fsp3) is 0.500. The Morgan fingerprint density at radius 1 is 1.12 bits per heavy atom. The van der Waals surface area contributed by atoms with E-state index in [1.165, 1.54) is 22.2 Å². The molecule has 1 unspecified atom stereocenters. The van der Waals surface area contributed by atoms with Crippen LogP contribution in [-0.4, -0.2) is 38.2 Å². The highest BCUT2D eigenvalue weighted by atomic mass is 16.4. The highest BCUT2D eigenvalue weighted by Gasteiger charge is 2.28. The molecule has 34 heavy (non-hydrogen) atoms. The van der Waals surface area contributed by atoms with Crippen LogP contribution in [0.4, 0.5) is 0 Å². The molecule has 0 aliphatic carbocycles. The quantitative estimate of drug-likeness (QED) is 0.353. The van der Waals surface area contributed by atoms with Crippen LogP contribution < -0.4 is 20.8 Å². The van der Waals surface area contributed by atoms with Crippen molar-refractivity contribution in [2.75, 3.05) is 13.1 Å². The normalized spacial score (nSPS) is 17.2. The summed E-state index contributed by atoms with van der Waals surface area (Å²) in [4.78, 5) is 23.5. The number of Topliss-reactive ketones (excluding diaryl/α,β-unsaturated/α-hetero) is 2. The molecule has 182 valence electrons. The van der Waals surface area contributed by atoms with Crippen molar-refractivity contribution in [1.82, 2.24) is 10.6 Å². The SMILES string of the molecule is CC(=O)[C@@H](C)CCNCc1ccc(BOc2ccc(C[C@@H](C(C)=O)C3CCCN3)cc2)c(C)c1. The third kappa shape index (κ3) is 7.81. The lowest BCUT2D eigenvalue weighted by Crippen LogP contribution is -2.36. The van der Waals surface area contributed by atoms with E-state index in [2.05, 4.69) is 47.9 Å². The minimum absolute atomic E-state index is 0.0439. The largest absolute Gasteiger partial charge is 0.559 e. The molecule has 1 fully saturated rings. The third-order valence-corrected chi connectivity index (χ3v) is 7.06. The fourth-order valence-corrected chi connectivity index (χ4v) is 4.55. The second kappa shape index (κ2) is 12.9. The van der Waals surface area contributed by atoms with E-state index < -0.39 is 0 Å². The topological polar surface area (TPSA) is 67.4 Å².